The van der Waals surface area contributed by atoms with Crippen molar-refractivity contribution in [2.75, 3.05) is 0 Å². The van der Waals surface area contributed by atoms with Crippen LogP contribution in [0.3, 0.4) is 0 Å². The summed E-state index contributed by atoms with van der Waals surface area (Å²) in [4.78, 5) is 10.9. The number of carboxylic acids is 1. The Morgan fingerprint density at radius 3 is 2.10 bits per heavy atom. The maximum atomic E-state index is 14.5. The molecule has 2 saturated carbocycles. The fourth-order valence-corrected chi connectivity index (χ4v) is 3.58. The van der Waals surface area contributed by atoms with Crippen molar-refractivity contribution in [3.05, 3.63) is 11.3 Å². The molecule has 1 aliphatic heterocycles. The van der Waals surface area contributed by atoms with Crippen LogP contribution in [0.4, 0.5) is 4.39 Å². The number of hydrogen-bond acceptors (Lipinski definition) is 3. The first-order chi connectivity index (χ1) is 9.55. The van der Waals surface area contributed by atoms with Gasteiger partial charge in [-0.25, -0.2) is 4.39 Å². The topological polar surface area (TPSA) is 55.8 Å². The van der Waals surface area contributed by atoms with Crippen LogP contribution in [-0.4, -0.2) is 29.4 Å². The Bertz CT molecular complexity index is 494. The van der Waals surface area contributed by atoms with Crippen LogP contribution in [0, 0.1) is 11.3 Å². The van der Waals surface area contributed by atoms with Gasteiger partial charge in [0, 0.05) is 0 Å². The van der Waals surface area contributed by atoms with Gasteiger partial charge in [0.15, 0.2) is 0 Å². The van der Waals surface area contributed by atoms with Crippen LogP contribution in [0.1, 0.15) is 53.4 Å². The molecule has 0 unspecified atom stereocenters. The third-order valence-electron chi connectivity index (χ3n) is 5.68. The molecule has 0 aromatic rings. The fraction of sp³-hybridized carbons (Fsp3) is 0.800. The van der Waals surface area contributed by atoms with E-state index in [4.69, 9.17) is 14.4 Å². The van der Waals surface area contributed by atoms with Crippen molar-refractivity contribution in [2.24, 2.45) is 11.3 Å². The second-order valence-electron chi connectivity index (χ2n) is 7.84. The molecule has 1 N–H and O–H groups in total. The normalized spacial score (nSPS) is 36.3. The number of halogens is 1. The highest BCUT2D eigenvalue weighted by Gasteiger charge is 2.57. The molecule has 0 bridgehead atoms. The summed E-state index contributed by atoms with van der Waals surface area (Å²) in [6.07, 6.45) is 2.63. The third-order valence-corrected chi connectivity index (χ3v) is 5.68. The van der Waals surface area contributed by atoms with Crippen LogP contribution < -0.4 is 0 Å². The van der Waals surface area contributed by atoms with Gasteiger partial charge in [0.05, 0.1) is 17.1 Å². The summed E-state index contributed by atoms with van der Waals surface area (Å²) in [5, 5.41) is 8.92. The zero-order chi connectivity index (χ0) is 15.6. The molecule has 3 aliphatic rings. The molecule has 1 heterocycles. The molecule has 0 aromatic heterocycles. The van der Waals surface area contributed by atoms with Crippen molar-refractivity contribution in [2.45, 2.75) is 64.6 Å². The highest BCUT2D eigenvalue weighted by atomic mass is 19.1. The van der Waals surface area contributed by atoms with Crippen molar-refractivity contribution < 1.29 is 23.6 Å². The Hall–Kier alpha value is -0.875. The highest BCUT2D eigenvalue weighted by molar-refractivity contribution is 6.53. The van der Waals surface area contributed by atoms with Crippen molar-refractivity contribution in [3.8, 4) is 0 Å². The monoisotopic (exact) mass is 296 g/mol. The molecule has 0 amide bonds. The van der Waals surface area contributed by atoms with E-state index in [1.54, 1.807) is 0 Å². The van der Waals surface area contributed by atoms with E-state index in [0.29, 0.717) is 25.7 Å². The Balaban J connectivity index is 1.64. The largest absolute Gasteiger partial charge is 0.525 e. The van der Waals surface area contributed by atoms with Gasteiger partial charge in [-0.1, -0.05) is 0 Å². The summed E-state index contributed by atoms with van der Waals surface area (Å²) >= 11 is 0. The van der Waals surface area contributed by atoms with Crippen LogP contribution in [-0.2, 0) is 14.1 Å². The van der Waals surface area contributed by atoms with Crippen LogP contribution in [0.5, 0.6) is 0 Å². The standard InChI is InChI=1S/C15H22BFO4/c1-13(2)14(3,4)21-16(20-13)11(17)9-5-15(6-9)7-10(8-15)12(18)19/h10H,5-8H2,1-4H3,(H,18,19). The van der Waals surface area contributed by atoms with E-state index in [0.717, 1.165) is 5.57 Å². The van der Waals surface area contributed by atoms with Gasteiger partial charge in [0.1, 0.15) is 5.73 Å². The SMILES string of the molecule is CC1(C)OB(C(F)=C2CC3(C2)CC(C(=O)O)C3)OC1(C)C. The Labute approximate surface area is 124 Å². The van der Waals surface area contributed by atoms with Gasteiger partial charge in [-0.15, -0.1) is 0 Å². The summed E-state index contributed by atoms with van der Waals surface area (Å²) in [6.45, 7) is 7.60. The van der Waals surface area contributed by atoms with Crippen LogP contribution in [0.25, 0.3) is 0 Å². The maximum absolute atomic E-state index is 14.5. The number of carbonyl (C=O) groups is 1. The van der Waals surface area contributed by atoms with Gasteiger partial charge >= 0.3 is 13.1 Å². The molecule has 4 nitrogen and oxygen atoms in total. The average Bonchev–Trinajstić information content (AvgIpc) is 2.43. The summed E-state index contributed by atoms with van der Waals surface area (Å²) < 4.78 is 25.9. The minimum atomic E-state index is -0.919. The molecule has 116 valence electrons. The molecule has 6 heteroatoms. The smallest absolute Gasteiger partial charge is 0.481 e. The molecular weight excluding hydrogens is 274 g/mol. The zero-order valence-corrected chi connectivity index (χ0v) is 13.0. The number of rotatable bonds is 2. The zero-order valence-electron chi connectivity index (χ0n) is 13.0. The Morgan fingerprint density at radius 1 is 1.19 bits per heavy atom. The summed E-state index contributed by atoms with van der Waals surface area (Å²) in [6, 6.07) is 0. The van der Waals surface area contributed by atoms with Gasteiger partial charge in [-0.3, -0.25) is 4.79 Å². The molecular formula is C15H22BFO4. The fourth-order valence-electron chi connectivity index (χ4n) is 3.58. The molecule has 0 radical (unpaired) electrons. The van der Waals surface area contributed by atoms with E-state index in [-0.39, 0.29) is 17.1 Å². The predicted molar refractivity (Wildman–Crippen MR) is 76.2 cm³/mol. The molecule has 1 spiro atoms. The first kappa shape index (κ1) is 15.0. The van der Waals surface area contributed by atoms with E-state index in [1.807, 2.05) is 27.7 Å². The Kier molecular flexibility index (Phi) is 3.10. The number of hydrogen-bond donors (Lipinski definition) is 1. The maximum Gasteiger partial charge on any atom is 0.525 e. The van der Waals surface area contributed by atoms with E-state index in [1.165, 1.54) is 0 Å². The predicted octanol–water partition coefficient (Wildman–Crippen LogP) is 3.12. The number of allylic oxidation sites excluding steroid dienone is 1. The number of carboxylic acid groups (broad SMARTS) is 1. The second-order valence-corrected chi connectivity index (χ2v) is 7.84. The lowest BCUT2D eigenvalue weighted by Gasteiger charge is -2.54. The van der Waals surface area contributed by atoms with E-state index in [2.05, 4.69) is 0 Å². The minimum Gasteiger partial charge on any atom is -0.481 e. The Morgan fingerprint density at radius 2 is 1.67 bits per heavy atom. The van der Waals surface area contributed by atoms with Gasteiger partial charge in [0.25, 0.3) is 0 Å². The molecule has 2 aliphatic carbocycles. The molecule has 0 atom stereocenters. The van der Waals surface area contributed by atoms with E-state index < -0.39 is 24.3 Å². The van der Waals surface area contributed by atoms with E-state index >= 15 is 0 Å². The van der Waals surface area contributed by atoms with Crippen molar-refractivity contribution in [1.82, 2.24) is 0 Å². The molecule has 1 saturated heterocycles. The summed E-state index contributed by atoms with van der Waals surface area (Å²) in [5.41, 5.74) is -0.626. The molecule has 3 fully saturated rings. The van der Waals surface area contributed by atoms with E-state index in [9.17, 15) is 9.18 Å². The van der Waals surface area contributed by atoms with Crippen molar-refractivity contribution in [3.63, 3.8) is 0 Å². The minimum absolute atomic E-state index is 0.0272. The summed E-state index contributed by atoms with van der Waals surface area (Å²) in [5.74, 6) is -0.976. The lowest BCUT2D eigenvalue weighted by Crippen LogP contribution is -2.47. The summed E-state index contributed by atoms with van der Waals surface area (Å²) in [7, 11) is -0.919. The molecule has 21 heavy (non-hydrogen) atoms. The lowest BCUT2D eigenvalue weighted by atomic mass is 9.49. The third kappa shape index (κ3) is 2.23. The van der Waals surface area contributed by atoms with Gasteiger partial charge in [-0.05, 0) is 64.4 Å². The van der Waals surface area contributed by atoms with Gasteiger partial charge in [-0.2, -0.15) is 0 Å². The average molecular weight is 296 g/mol. The van der Waals surface area contributed by atoms with Crippen LogP contribution in [0.15, 0.2) is 11.3 Å². The number of aliphatic carboxylic acids is 1. The van der Waals surface area contributed by atoms with Crippen molar-refractivity contribution in [1.29, 1.82) is 0 Å². The van der Waals surface area contributed by atoms with Gasteiger partial charge in [0.2, 0.25) is 0 Å². The quantitative estimate of drug-likeness (QED) is 0.795. The molecule has 3 rings (SSSR count). The first-order valence-corrected chi connectivity index (χ1v) is 7.51. The van der Waals surface area contributed by atoms with Gasteiger partial charge < -0.3 is 14.4 Å². The van der Waals surface area contributed by atoms with Crippen molar-refractivity contribution >= 4 is 13.1 Å². The van der Waals surface area contributed by atoms with Crippen LogP contribution in [0.2, 0.25) is 0 Å². The second kappa shape index (κ2) is 4.32. The highest BCUT2D eigenvalue weighted by Crippen LogP contribution is 2.62. The van der Waals surface area contributed by atoms with Crippen LogP contribution >= 0.6 is 0 Å². The lowest BCUT2D eigenvalue weighted by molar-refractivity contribution is -0.152. The first-order valence-electron chi connectivity index (χ1n) is 7.51. The molecule has 0 aromatic carbocycles.